The van der Waals surface area contributed by atoms with Crippen molar-refractivity contribution < 1.29 is 9.15 Å². The van der Waals surface area contributed by atoms with Crippen LogP contribution in [0.2, 0.25) is 0 Å². The highest BCUT2D eigenvalue weighted by molar-refractivity contribution is 6.14. The van der Waals surface area contributed by atoms with E-state index in [2.05, 4.69) is 153 Å². The smallest absolute Gasteiger partial charge is 0.167 e. The van der Waals surface area contributed by atoms with Crippen molar-refractivity contribution in [1.82, 2.24) is 15.0 Å². The zero-order valence-corrected chi connectivity index (χ0v) is 28.8. The Morgan fingerprint density at radius 3 is 1.91 bits per heavy atom. The maximum atomic E-state index is 6.83. The quantitative estimate of drug-likeness (QED) is 0.185. The number of nitrogens with zero attached hydrogens (tertiary/aromatic N) is 3. The van der Waals surface area contributed by atoms with Gasteiger partial charge in [-0.3, -0.25) is 0 Å². The second-order valence-corrected chi connectivity index (χ2v) is 14.1. The van der Waals surface area contributed by atoms with Crippen molar-refractivity contribution in [3.63, 3.8) is 0 Å². The number of hydrogen-bond donors (Lipinski definition) is 0. The van der Waals surface area contributed by atoms with E-state index < -0.39 is 5.60 Å². The van der Waals surface area contributed by atoms with Crippen molar-refractivity contribution in [2.75, 3.05) is 0 Å². The molecule has 9 aromatic rings. The van der Waals surface area contributed by atoms with Crippen LogP contribution in [0.5, 0.6) is 5.75 Å². The second-order valence-electron chi connectivity index (χ2n) is 14.1. The minimum absolute atomic E-state index is 0.0872. The van der Waals surface area contributed by atoms with Gasteiger partial charge in [0.05, 0.1) is 5.56 Å². The summed E-state index contributed by atoms with van der Waals surface area (Å²) in [6.45, 7) is 2.20. The number of benzene rings is 7. The van der Waals surface area contributed by atoms with Gasteiger partial charge in [-0.1, -0.05) is 133 Å². The molecule has 2 aliphatic rings. The lowest BCUT2D eigenvalue weighted by molar-refractivity contribution is 0.166. The lowest BCUT2D eigenvalue weighted by atomic mass is 9.74. The molecule has 0 saturated carbocycles. The van der Waals surface area contributed by atoms with E-state index >= 15 is 0 Å². The molecule has 2 aromatic heterocycles. The first-order valence-corrected chi connectivity index (χ1v) is 18.0. The highest BCUT2D eigenvalue weighted by Crippen LogP contribution is 2.54. The van der Waals surface area contributed by atoms with Crippen molar-refractivity contribution >= 4 is 49.1 Å². The predicted molar refractivity (Wildman–Crippen MR) is 214 cm³/mol. The second kappa shape index (κ2) is 11.3. The lowest BCUT2D eigenvalue weighted by Gasteiger charge is -2.34. The third-order valence-electron chi connectivity index (χ3n) is 11.0. The topological polar surface area (TPSA) is 61.0 Å². The number of allylic oxidation sites excluding steroid dienone is 2. The van der Waals surface area contributed by atoms with Crippen molar-refractivity contribution in [3.05, 3.63) is 175 Å². The van der Waals surface area contributed by atoms with Gasteiger partial charge in [0, 0.05) is 39.0 Å². The molecular formula is C48H31N3O2. The summed E-state index contributed by atoms with van der Waals surface area (Å²) in [5.74, 6) is 2.77. The van der Waals surface area contributed by atoms with Crippen molar-refractivity contribution in [1.29, 1.82) is 0 Å². The molecular weight excluding hydrogens is 651 g/mol. The highest BCUT2D eigenvalue weighted by Gasteiger charge is 2.48. The van der Waals surface area contributed by atoms with Gasteiger partial charge < -0.3 is 9.15 Å². The number of ether oxygens (including phenoxy) is 1. The van der Waals surface area contributed by atoms with Crippen LogP contribution in [-0.4, -0.2) is 20.6 Å². The summed E-state index contributed by atoms with van der Waals surface area (Å²) in [6, 6.07) is 50.3. The molecule has 250 valence electrons. The normalized spacial score (nSPS) is 17.6. The molecule has 0 amide bonds. The molecule has 2 atom stereocenters. The summed E-state index contributed by atoms with van der Waals surface area (Å²) in [6.07, 6.45) is 6.60. The standard InChI is InChI=1S/C48H31N3O2/c1-48-39(35-15-6-9-20-42(35)53-48)17-10-18-40(48)36-25-26-38(44-43(36)37-16-7-8-19-41(37)52-44)47-50-45(33-23-21-29-11-2-4-13-31(29)27-33)49-46(51-47)34-24-22-30-12-3-5-14-32(30)28-34/h2-28,39H,1H3. The Morgan fingerprint density at radius 2 is 1.17 bits per heavy atom. The molecule has 11 rings (SSSR count). The van der Waals surface area contributed by atoms with Crippen molar-refractivity contribution in [3.8, 4) is 39.9 Å². The van der Waals surface area contributed by atoms with Gasteiger partial charge in [-0.15, -0.1) is 0 Å². The van der Waals surface area contributed by atoms with Gasteiger partial charge in [-0.05, 0) is 64.4 Å². The van der Waals surface area contributed by atoms with Gasteiger partial charge in [0.1, 0.15) is 22.5 Å². The largest absolute Gasteiger partial charge is 0.482 e. The first kappa shape index (κ1) is 29.8. The Labute approximate surface area is 305 Å². The van der Waals surface area contributed by atoms with Gasteiger partial charge in [0.2, 0.25) is 0 Å². The molecule has 5 heteroatoms. The lowest BCUT2D eigenvalue weighted by Crippen LogP contribution is -2.36. The summed E-state index contributed by atoms with van der Waals surface area (Å²) in [5, 5.41) is 6.62. The van der Waals surface area contributed by atoms with E-state index in [1.54, 1.807) is 0 Å². The Bertz CT molecular complexity index is 2930. The summed E-state index contributed by atoms with van der Waals surface area (Å²) in [5.41, 5.74) is 6.96. The number of rotatable bonds is 4. The molecule has 3 heterocycles. The zero-order chi connectivity index (χ0) is 35.1. The fourth-order valence-corrected chi connectivity index (χ4v) is 8.35. The molecule has 0 radical (unpaired) electrons. The highest BCUT2D eigenvalue weighted by atomic mass is 16.5. The minimum atomic E-state index is -0.592. The van der Waals surface area contributed by atoms with Crippen molar-refractivity contribution in [2.45, 2.75) is 18.4 Å². The van der Waals surface area contributed by atoms with Crippen LogP contribution >= 0.6 is 0 Å². The number of hydrogen-bond acceptors (Lipinski definition) is 5. The van der Waals surface area contributed by atoms with E-state index in [1.165, 1.54) is 5.56 Å². The average molecular weight is 682 g/mol. The summed E-state index contributed by atoms with van der Waals surface area (Å²) in [4.78, 5) is 15.5. The van der Waals surface area contributed by atoms with E-state index in [1.807, 2.05) is 18.2 Å². The van der Waals surface area contributed by atoms with Crippen LogP contribution < -0.4 is 4.74 Å². The van der Waals surface area contributed by atoms with Gasteiger partial charge in [-0.2, -0.15) is 0 Å². The molecule has 0 saturated heterocycles. The number of aromatic nitrogens is 3. The van der Waals surface area contributed by atoms with Crippen LogP contribution in [0, 0.1) is 0 Å². The Balaban J connectivity index is 1.14. The fourth-order valence-electron chi connectivity index (χ4n) is 8.35. The van der Waals surface area contributed by atoms with E-state index in [-0.39, 0.29) is 5.92 Å². The molecule has 0 fully saturated rings. The Morgan fingerprint density at radius 1 is 0.566 bits per heavy atom. The number of para-hydroxylation sites is 2. The maximum absolute atomic E-state index is 6.83. The first-order chi connectivity index (χ1) is 26.1. The van der Waals surface area contributed by atoms with Crippen LogP contribution in [0.1, 0.15) is 24.0 Å². The monoisotopic (exact) mass is 681 g/mol. The van der Waals surface area contributed by atoms with E-state index in [0.29, 0.717) is 17.5 Å². The molecule has 2 unspecified atom stereocenters. The summed E-state index contributed by atoms with van der Waals surface area (Å²) < 4.78 is 13.6. The predicted octanol–water partition coefficient (Wildman–Crippen LogP) is 12.0. The van der Waals surface area contributed by atoms with Gasteiger partial charge in [-0.25, -0.2) is 15.0 Å². The van der Waals surface area contributed by atoms with E-state index in [9.17, 15) is 0 Å². The Kier molecular flexibility index (Phi) is 6.38. The van der Waals surface area contributed by atoms with Gasteiger partial charge in [0.25, 0.3) is 0 Å². The Hall–Kier alpha value is -6.85. The van der Waals surface area contributed by atoms with Crippen LogP contribution in [0.3, 0.4) is 0 Å². The molecule has 7 aromatic carbocycles. The third kappa shape index (κ3) is 4.60. The fraction of sp³-hybridized carbons (Fsp3) is 0.0625. The summed E-state index contributed by atoms with van der Waals surface area (Å²) in [7, 11) is 0. The van der Waals surface area contributed by atoms with Crippen LogP contribution in [0.4, 0.5) is 0 Å². The average Bonchev–Trinajstić information content (AvgIpc) is 3.75. The molecule has 1 aliphatic carbocycles. The van der Waals surface area contributed by atoms with Crippen LogP contribution in [-0.2, 0) is 0 Å². The van der Waals surface area contributed by atoms with Crippen molar-refractivity contribution in [2.24, 2.45) is 0 Å². The van der Waals surface area contributed by atoms with E-state index in [0.717, 1.165) is 77.1 Å². The van der Waals surface area contributed by atoms with Gasteiger partial charge in [0.15, 0.2) is 17.5 Å². The zero-order valence-electron chi connectivity index (χ0n) is 28.8. The van der Waals surface area contributed by atoms with E-state index in [4.69, 9.17) is 24.1 Å². The molecule has 1 aliphatic heterocycles. The molecule has 53 heavy (non-hydrogen) atoms. The van der Waals surface area contributed by atoms with Crippen LogP contribution in [0.25, 0.3) is 83.2 Å². The minimum Gasteiger partial charge on any atom is -0.482 e. The molecule has 0 N–H and O–H groups in total. The molecule has 0 bridgehead atoms. The number of fused-ring (bicyclic) bond motifs is 8. The SMILES string of the molecule is CC12Oc3ccccc3C1C=CC=C2c1ccc(-c2nc(-c3ccc4ccccc4c3)nc(-c3ccc4ccccc4c3)n2)c2oc3ccccc3c12. The third-order valence-corrected chi connectivity index (χ3v) is 11.0. The molecule has 5 nitrogen and oxygen atoms in total. The first-order valence-electron chi connectivity index (χ1n) is 18.0. The number of furan rings is 1. The summed E-state index contributed by atoms with van der Waals surface area (Å²) >= 11 is 0. The molecule has 0 spiro atoms. The van der Waals surface area contributed by atoms with Crippen LogP contribution in [0.15, 0.2) is 168 Å². The van der Waals surface area contributed by atoms with Gasteiger partial charge >= 0.3 is 0 Å². The maximum Gasteiger partial charge on any atom is 0.167 e.